The second kappa shape index (κ2) is 5.48. The normalized spacial score (nSPS) is 10.2. The molecule has 0 aliphatic heterocycles. The fourth-order valence-electron chi connectivity index (χ4n) is 1.76. The van der Waals surface area contributed by atoms with Crippen LogP contribution in [0.1, 0.15) is 21.7 Å². The maximum atomic E-state index is 11.8. The van der Waals surface area contributed by atoms with Gasteiger partial charge >= 0.3 is 0 Å². The predicted octanol–water partition coefficient (Wildman–Crippen LogP) is 2.11. The fourth-order valence-corrected chi connectivity index (χ4v) is 1.76. The van der Waals surface area contributed by atoms with Crippen molar-refractivity contribution in [1.29, 1.82) is 0 Å². The Morgan fingerprint density at radius 2 is 2.21 bits per heavy atom. The zero-order chi connectivity index (χ0) is 13.8. The van der Waals surface area contributed by atoms with Crippen molar-refractivity contribution in [3.63, 3.8) is 0 Å². The molecule has 0 spiro atoms. The zero-order valence-corrected chi connectivity index (χ0v) is 10.9. The lowest BCUT2D eigenvalue weighted by Gasteiger charge is -2.08. The molecule has 5 heteroatoms. The molecule has 3 N–H and O–H groups in total. The number of carbonyl (C=O) groups excluding carboxylic acids is 1. The second-order valence-electron chi connectivity index (χ2n) is 4.19. The van der Waals surface area contributed by atoms with E-state index < -0.39 is 0 Å². The van der Waals surface area contributed by atoms with Crippen LogP contribution in [-0.2, 0) is 6.54 Å². The van der Waals surface area contributed by atoms with Gasteiger partial charge in [-0.05, 0) is 30.7 Å². The maximum absolute atomic E-state index is 11.8. The SMILES string of the molecule is COc1ccc(CNC(=O)c2occc2C)cc1N. The van der Waals surface area contributed by atoms with Crippen LogP contribution in [-0.4, -0.2) is 13.0 Å². The summed E-state index contributed by atoms with van der Waals surface area (Å²) in [6, 6.07) is 7.15. The van der Waals surface area contributed by atoms with Gasteiger partial charge in [0, 0.05) is 12.1 Å². The topological polar surface area (TPSA) is 77.5 Å². The number of rotatable bonds is 4. The highest BCUT2D eigenvalue weighted by atomic mass is 16.5. The molecule has 1 heterocycles. The third-order valence-corrected chi connectivity index (χ3v) is 2.82. The molecular formula is C14H16N2O3. The van der Waals surface area contributed by atoms with Crippen molar-refractivity contribution in [3.8, 4) is 5.75 Å². The number of carbonyl (C=O) groups is 1. The van der Waals surface area contributed by atoms with E-state index in [-0.39, 0.29) is 5.91 Å². The highest BCUT2D eigenvalue weighted by molar-refractivity contribution is 5.92. The molecule has 0 fully saturated rings. The van der Waals surface area contributed by atoms with Crippen molar-refractivity contribution in [1.82, 2.24) is 5.32 Å². The molecule has 0 unspecified atom stereocenters. The predicted molar refractivity (Wildman–Crippen MR) is 72.0 cm³/mol. The van der Waals surface area contributed by atoms with E-state index in [9.17, 15) is 4.79 Å². The summed E-state index contributed by atoms with van der Waals surface area (Å²) >= 11 is 0. The van der Waals surface area contributed by atoms with E-state index in [0.717, 1.165) is 11.1 Å². The van der Waals surface area contributed by atoms with Crippen molar-refractivity contribution in [2.24, 2.45) is 0 Å². The van der Waals surface area contributed by atoms with Crippen LogP contribution in [0, 0.1) is 6.92 Å². The molecule has 0 saturated carbocycles. The number of ether oxygens (including phenoxy) is 1. The van der Waals surface area contributed by atoms with Crippen LogP contribution in [0.15, 0.2) is 34.9 Å². The number of amides is 1. The molecule has 100 valence electrons. The zero-order valence-electron chi connectivity index (χ0n) is 10.9. The summed E-state index contributed by atoms with van der Waals surface area (Å²) in [6.07, 6.45) is 1.50. The quantitative estimate of drug-likeness (QED) is 0.825. The van der Waals surface area contributed by atoms with Gasteiger partial charge in [-0.3, -0.25) is 4.79 Å². The summed E-state index contributed by atoms with van der Waals surface area (Å²) in [7, 11) is 1.56. The Kier molecular flexibility index (Phi) is 3.75. The molecule has 0 saturated heterocycles. The van der Waals surface area contributed by atoms with E-state index in [0.29, 0.717) is 23.7 Å². The van der Waals surface area contributed by atoms with E-state index in [4.69, 9.17) is 14.9 Å². The first kappa shape index (κ1) is 13.0. The first-order chi connectivity index (χ1) is 9.11. The summed E-state index contributed by atoms with van der Waals surface area (Å²) in [5.41, 5.74) is 8.06. The number of nitrogens with one attached hydrogen (secondary N) is 1. The van der Waals surface area contributed by atoms with Gasteiger partial charge in [-0.2, -0.15) is 0 Å². The van der Waals surface area contributed by atoms with Crippen molar-refractivity contribution < 1.29 is 13.9 Å². The molecule has 2 aromatic rings. The molecule has 0 bridgehead atoms. The van der Waals surface area contributed by atoms with Crippen LogP contribution in [0.3, 0.4) is 0 Å². The van der Waals surface area contributed by atoms with Crippen LogP contribution in [0.5, 0.6) is 5.75 Å². The number of aryl methyl sites for hydroxylation is 1. The van der Waals surface area contributed by atoms with Gasteiger partial charge in [0.05, 0.1) is 19.1 Å². The van der Waals surface area contributed by atoms with Gasteiger partial charge in [0.1, 0.15) is 5.75 Å². The molecule has 0 aliphatic rings. The third-order valence-electron chi connectivity index (χ3n) is 2.82. The summed E-state index contributed by atoms with van der Waals surface area (Å²) in [6.45, 7) is 2.21. The highest BCUT2D eigenvalue weighted by Gasteiger charge is 2.12. The number of methoxy groups -OCH3 is 1. The second-order valence-corrected chi connectivity index (χ2v) is 4.19. The molecule has 19 heavy (non-hydrogen) atoms. The Hall–Kier alpha value is -2.43. The summed E-state index contributed by atoms with van der Waals surface area (Å²) in [5, 5.41) is 2.78. The molecule has 5 nitrogen and oxygen atoms in total. The Balaban J connectivity index is 2.01. The van der Waals surface area contributed by atoms with Crippen LogP contribution in [0.25, 0.3) is 0 Å². The van der Waals surface area contributed by atoms with Gasteiger partial charge in [-0.25, -0.2) is 0 Å². The first-order valence-electron chi connectivity index (χ1n) is 5.86. The number of hydrogen-bond donors (Lipinski definition) is 2. The van der Waals surface area contributed by atoms with E-state index in [2.05, 4.69) is 5.32 Å². The van der Waals surface area contributed by atoms with Crippen LogP contribution < -0.4 is 15.8 Å². The molecule has 0 atom stereocenters. The van der Waals surface area contributed by atoms with Gasteiger partial charge < -0.3 is 20.2 Å². The van der Waals surface area contributed by atoms with Crippen molar-refractivity contribution in [2.75, 3.05) is 12.8 Å². The average Bonchev–Trinajstić information content (AvgIpc) is 2.82. The van der Waals surface area contributed by atoms with Gasteiger partial charge in [-0.1, -0.05) is 6.07 Å². The fraction of sp³-hybridized carbons (Fsp3) is 0.214. The number of anilines is 1. The molecule has 0 aliphatic carbocycles. The Labute approximate surface area is 111 Å². The lowest BCUT2D eigenvalue weighted by atomic mass is 10.2. The lowest BCUT2D eigenvalue weighted by molar-refractivity contribution is 0.0922. The first-order valence-corrected chi connectivity index (χ1v) is 5.86. The van der Waals surface area contributed by atoms with Gasteiger partial charge in [-0.15, -0.1) is 0 Å². The molecular weight excluding hydrogens is 244 g/mol. The summed E-state index contributed by atoms with van der Waals surface area (Å²) in [4.78, 5) is 11.8. The lowest BCUT2D eigenvalue weighted by Crippen LogP contribution is -2.23. The van der Waals surface area contributed by atoms with E-state index >= 15 is 0 Å². The number of hydrogen-bond acceptors (Lipinski definition) is 4. The van der Waals surface area contributed by atoms with Gasteiger partial charge in [0.25, 0.3) is 5.91 Å². The minimum absolute atomic E-state index is 0.239. The average molecular weight is 260 g/mol. The van der Waals surface area contributed by atoms with Gasteiger partial charge in [0.2, 0.25) is 0 Å². The maximum Gasteiger partial charge on any atom is 0.287 e. The van der Waals surface area contributed by atoms with E-state index in [1.807, 2.05) is 13.0 Å². The Bertz CT molecular complexity index is 590. The van der Waals surface area contributed by atoms with E-state index in [1.54, 1.807) is 25.3 Å². The third kappa shape index (κ3) is 2.88. The summed E-state index contributed by atoms with van der Waals surface area (Å²) in [5.74, 6) is 0.718. The van der Waals surface area contributed by atoms with Crippen LogP contribution in [0.2, 0.25) is 0 Å². The monoisotopic (exact) mass is 260 g/mol. The van der Waals surface area contributed by atoms with Crippen molar-refractivity contribution in [3.05, 3.63) is 47.4 Å². The Morgan fingerprint density at radius 1 is 1.42 bits per heavy atom. The molecule has 1 aromatic carbocycles. The number of benzene rings is 1. The van der Waals surface area contributed by atoms with Crippen molar-refractivity contribution in [2.45, 2.75) is 13.5 Å². The van der Waals surface area contributed by atoms with Crippen molar-refractivity contribution >= 4 is 11.6 Å². The standard InChI is InChI=1S/C14H16N2O3/c1-9-5-6-19-13(9)14(17)16-8-10-3-4-12(18-2)11(15)7-10/h3-7H,8,15H2,1-2H3,(H,16,17). The number of nitrogens with two attached hydrogens (primary N) is 1. The van der Waals surface area contributed by atoms with E-state index in [1.165, 1.54) is 6.26 Å². The molecule has 2 rings (SSSR count). The van der Waals surface area contributed by atoms with Gasteiger partial charge in [0.15, 0.2) is 5.76 Å². The Morgan fingerprint density at radius 3 is 2.79 bits per heavy atom. The molecule has 0 radical (unpaired) electrons. The molecule has 1 amide bonds. The molecule has 1 aromatic heterocycles. The smallest absolute Gasteiger partial charge is 0.287 e. The van der Waals surface area contributed by atoms with Crippen LogP contribution in [0.4, 0.5) is 5.69 Å². The largest absolute Gasteiger partial charge is 0.495 e. The number of nitrogen functional groups attached to an aromatic ring is 1. The van der Waals surface area contributed by atoms with Crippen LogP contribution >= 0.6 is 0 Å². The minimum Gasteiger partial charge on any atom is -0.495 e. The number of furan rings is 1. The summed E-state index contributed by atoms with van der Waals surface area (Å²) < 4.78 is 10.2. The minimum atomic E-state index is -0.239. The highest BCUT2D eigenvalue weighted by Crippen LogP contribution is 2.21.